The zero-order valence-corrected chi connectivity index (χ0v) is 27.8. The van der Waals surface area contributed by atoms with Crippen LogP contribution in [0.15, 0.2) is 6.07 Å². The van der Waals surface area contributed by atoms with E-state index in [1.54, 1.807) is 0 Å². The van der Waals surface area contributed by atoms with Crippen LogP contribution in [-0.2, 0) is 13.6 Å². The maximum atomic E-state index is 12.8. The van der Waals surface area contributed by atoms with Gasteiger partial charge in [-0.05, 0) is 90.3 Å². The molecule has 3 aliphatic rings. The van der Waals surface area contributed by atoms with Gasteiger partial charge in [-0.1, -0.05) is 19.3 Å². The molecule has 4 rings (SSSR count). The molecule has 2 saturated carbocycles. The lowest BCUT2D eigenvalue weighted by Crippen LogP contribution is -2.47. The first-order valence-electron chi connectivity index (χ1n) is 17.1. The average Bonchev–Trinajstić information content (AvgIpc) is 3.02. The molecule has 0 radical (unpaired) electrons. The highest BCUT2D eigenvalue weighted by Gasteiger charge is 2.27. The normalized spacial score (nSPS) is 22.6. The summed E-state index contributed by atoms with van der Waals surface area (Å²) in [7, 11) is -3.02. The Labute approximate surface area is 260 Å². The van der Waals surface area contributed by atoms with E-state index in [-0.39, 0.29) is 0 Å². The van der Waals surface area contributed by atoms with Crippen molar-refractivity contribution in [1.82, 2.24) is 25.5 Å². The van der Waals surface area contributed by atoms with Gasteiger partial charge < -0.3 is 35.6 Å². The van der Waals surface area contributed by atoms with Crippen molar-refractivity contribution in [3.8, 4) is 0 Å². The monoisotopic (exact) mass is 622 g/mol. The van der Waals surface area contributed by atoms with Crippen LogP contribution < -0.4 is 26.6 Å². The molecule has 1 saturated heterocycles. The van der Waals surface area contributed by atoms with E-state index in [0.717, 1.165) is 70.1 Å². The van der Waals surface area contributed by atoms with E-state index < -0.39 is 7.60 Å². The lowest BCUT2D eigenvalue weighted by molar-refractivity contribution is 0.209. The molecule has 1 aromatic heterocycles. The molecule has 0 amide bonds. The maximum Gasteiger partial charge on any atom is 0.331 e. The number of hydrogen-bond donors (Lipinski definition) is 4. The quantitative estimate of drug-likeness (QED) is 0.136. The fraction of sp³-hybridized carbons (Fsp3) is 0.871. The number of hydrogen-bond acceptors (Lipinski definition) is 11. The summed E-state index contributed by atoms with van der Waals surface area (Å²) in [5, 5.41) is 11.0. The number of aromatic nitrogens is 2. The third-order valence-corrected chi connectivity index (χ3v) is 11.3. The van der Waals surface area contributed by atoms with Crippen molar-refractivity contribution in [3.63, 3.8) is 0 Å². The molecule has 0 atom stereocenters. The second-order valence-electron chi connectivity index (χ2n) is 12.6. The van der Waals surface area contributed by atoms with Gasteiger partial charge in [-0.25, -0.2) is 0 Å². The second kappa shape index (κ2) is 18.5. The van der Waals surface area contributed by atoms with Gasteiger partial charge in [-0.3, -0.25) is 9.46 Å². The van der Waals surface area contributed by atoms with Crippen LogP contribution in [-0.4, -0.2) is 99.2 Å². The highest BCUT2D eigenvalue weighted by Crippen LogP contribution is 2.47. The number of nitrogens with one attached hydrogen (secondary N) is 3. The first-order chi connectivity index (χ1) is 21.0. The lowest BCUT2D eigenvalue weighted by Gasteiger charge is -2.36. The minimum atomic E-state index is -3.02. The minimum absolute atomic E-state index is 0.397. The predicted octanol–water partition coefficient (Wildman–Crippen LogP) is 4.57. The van der Waals surface area contributed by atoms with Gasteiger partial charge in [-0.15, -0.1) is 0 Å². The van der Waals surface area contributed by atoms with Crippen molar-refractivity contribution >= 4 is 25.2 Å². The number of piperazine rings is 1. The van der Waals surface area contributed by atoms with Gasteiger partial charge in [-0.2, -0.15) is 9.97 Å². The third kappa shape index (κ3) is 12.1. The number of anilines is 3. The molecule has 0 spiro atoms. The molecule has 0 unspecified atom stereocenters. The van der Waals surface area contributed by atoms with E-state index in [2.05, 4.69) is 30.7 Å². The Bertz CT molecular complexity index is 956. The minimum Gasteiger partial charge on any atom is -0.383 e. The molecule has 43 heavy (non-hydrogen) atoms. The summed E-state index contributed by atoms with van der Waals surface area (Å²) in [4.78, 5) is 13.9. The number of rotatable bonds is 18. The summed E-state index contributed by atoms with van der Waals surface area (Å²) in [5.41, 5.74) is 6.19. The van der Waals surface area contributed by atoms with Crippen LogP contribution in [0.5, 0.6) is 0 Å². The molecule has 12 heteroatoms. The number of nitrogens with two attached hydrogens (primary N) is 1. The van der Waals surface area contributed by atoms with E-state index in [4.69, 9.17) is 19.8 Å². The molecular formula is C31H59N8O3P. The first kappa shape index (κ1) is 34.4. The Hall–Kier alpha value is -1.49. The fourth-order valence-electron chi connectivity index (χ4n) is 6.73. The molecule has 1 aromatic rings. The molecule has 1 aliphatic heterocycles. The molecule has 11 nitrogen and oxygen atoms in total. The Morgan fingerprint density at radius 2 is 1.58 bits per heavy atom. The number of nitrogens with zero attached hydrogens (tertiary/aromatic N) is 4. The lowest BCUT2D eigenvalue weighted by atomic mass is 9.82. The molecule has 5 N–H and O–H groups in total. The van der Waals surface area contributed by atoms with E-state index in [1.807, 2.05) is 19.9 Å². The van der Waals surface area contributed by atoms with Gasteiger partial charge >= 0.3 is 7.60 Å². The van der Waals surface area contributed by atoms with E-state index in [0.29, 0.717) is 43.6 Å². The van der Waals surface area contributed by atoms with Crippen LogP contribution >= 0.6 is 7.60 Å². The summed E-state index contributed by atoms with van der Waals surface area (Å²) in [5.74, 6) is 3.43. The molecular weight excluding hydrogens is 563 g/mol. The summed E-state index contributed by atoms with van der Waals surface area (Å²) < 4.78 is 23.7. The molecule has 2 aliphatic carbocycles. The predicted molar refractivity (Wildman–Crippen MR) is 177 cm³/mol. The zero-order chi connectivity index (χ0) is 30.3. The molecule has 0 bridgehead atoms. The van der Waals surface area contributed by atoms with Crippen LogP contribution in [0, 0.1) is 11.8 Å². The zero-order valence-electron chi connectivity index (χ0n) is 26.9. The maximum absolute atomic E-state index is 12.8. The summed E-state index contributed by atoms with van der Waals surface area (Å²) in [6, 6.07) is 2.63. The van der Waals surface area contributed by atoms with Crippen molar-refractivity contribution in [2.75, 3.05) is 94.2 Å². The van der Waals surface area contributed by atoms with Crippen molar-refractivity contribution < 1.29 is 13.6 Å². The Kier molecular flexibility index (Phi) is 14.8. The van der Waals surface area contributed by atoms with Gasteiger partial charge in [0.2, 0.25) is 5.95 Å². The Morgan fingerprint density at radius 1 is 0.907 bits per heavy atom. The van der Waals surface area contributed by atoms with Gasteiger partial charge in [0, 0.05) is 51.4 Å². The second-order valence-corrected chi connectivity index (χ2v) is 14.8. The van der Waals surface area contributed by atoms with Crippen molar-refractivity contribution in [1.29, 1.82) is 0 Å². The summed E-state index contributed by atoms with van der Waals surface area (Å²) in [6.45, 7) is 12.9. The Morgan fingerprint density at radius 3 is 2.26 bits per heavy atom. The standard InChI is InChI=1S/C31H59N8O3P/c1-3-41-43(40,42-4-2)22-21-38-17-19-39(20-18-38)30-23-29(32)36-31(37-30)35-25-27-13-11-26(12-14-27)24-33-15-8-16-34-28-9-6-5-7-10-28/h23,26-28,33-34H,3-22,24-25H2,1-2H3,(H3,32,35,36,37). The van der Waals surface area contributed by atoms with Crippen LogP contribution in [0.3, 0.4) is 0 Å². The fourth-order valence-corrected chi connectivity index (χ4v) is 8.37. The van der Waals surface area contributed by atoms with Gasteiger partial charge in [0.05, 0.1) is 19.4 Å². The molecule has 3 fully saturated rings. The van der Waals surface area contributed by atoms with E-state index in [1.165, 1.54) is 64.2 Å². The van der Waals surface area contributed by atoms with Crippen molar-refractivity contribution in [2.24, 2.45) is 11.8 Å². The summed E-state index contributed by atoms with van der Waals surface area (Å²) >= 11 is 0. The molecule has 2 heterocycles. The topological polar surface area (TPSA) is 130 Å². The van der Waals surface area contributed by atoms with Crippen molar-refractivity contribution in [2.45, 2.75) is 84.1 Å². The number of nitrogen functional groups attached to an aromatic ring is 1. The first-order valence-corrected chi connectivity index (χ1v) is 18.9. The van der Waals surface area contributed by atoms with Crippen LogP contribution in [0.25, 0.3) is 0 Å². The third-order valence-electron chi connectivity index (χ3n) is 9.29. The van der Waals surface area contributed by atoms with Gasteiger partial charge in [0.1, 0.15) is 11.6 Å². The van der Waals surface area contributed by atoms with Crippen molar-refractivity contribution in [3.05, 3.63) is 6.07 Å². The SMILES string of the molecule is CCOP(=O)(CCN1CCN(c2cc(N)nc(NCC3CCC(CNCCCNC4CCCCC4)CC3)n2)CC1)OCC. The highest BCUT2D eigenvalue weighted by atomic mass is 31.2. The van der Waals surface area contributed by atoms with Crippen LogP contribution in [0.4, 0.5) is 17.6 Å². The van der Waals surface area contributed by atoms with E-state index in [9.17, 15) is 4.57 Å². The van der Waals surface area contributed by atoms with E-state index >= 15 is 0 Å². The smallest absolute Gasteiger partial charge is 0.331 e. The highest BCUT2D eigenvalue weighted by molar-refractivity contribution is 7.53. The van der Waals surface area contributed by atoms with Crippen LogP contribution in [0.1, 0.15) is 78.1 Å². The summed E-state index contributed by atoms with van der Waals surface area (Å²) in [6.07, 6.45) is 13.7. The van der Waals surface area contributed by atoms with Crippen LogP contribution in [0.2, 0.25) is 0 Å². The molecule has 0 aromatic carbocycles. The average molecular weight is 623 g/mol. The Balaban J connectivity index is 1.10. The molecule has 246 valence electrons. The van der Waals surface area contributed by atoms with Gasteiger partial charge in [0.15, 0.2) is 0 Å². The van der Waals surface area contributed by atoms with Gasteiger partial charge in [0.25, 0.3) is 0 Å². The largest absolute Gasteiger partial charge is 0.383 e.